The second kappa shape index (κ2) is 7.07. The van der Waals surface area contributed by atoms with Crippen molar-refractivity contribution >= 4 is 16.7 Å². The zero-order valence-electron chi connectivity index (χ0n) is 15.0. The van der Waals surface area contributed by atoms with Crippen LogP contribution in [0.5, 0.6) is 0 Å². The predicted molar refractivity (Wildman–Crippen MR) is 101 cm³/mol. The van der Waals surface area contributed by atoms with Crippen LogP contribution in [0.2, 0.25) is 0 Å². The summed E-state index contributed by atoms with van der Waals surface area (Å²) in [5.41, 5.74) is 1.36. The van der Waals surface area contributed by atoms with Crippen LogP contribution in [0.4, 0.5) is 0 Å². The molecule has 0 saturated carbocycles. The van der Waals surface area contributed by atoms with Crippen LogP contribution in [0, 0.1) is 0 Å². The average molecular weight is 376 g/mol. The Morgan fingerprint density at radius 1 is 1.11 bits per heavy atom. The van der Waals surface area contributed by atoms with Crippen LogP contribution in [0.3, 0.4) is 0 Å². The largest absolute Gasteiger partial charge is 0.476 e. The molecular formula is C20H16N4O4. The molecule has 8 nitrogen and oxygen atoms in total. The molecule has 0 radical (unpaired) electrons. The fourth-order valence-corrected chi connectivity index (χ4v) is 2.95. The number of aryl methyl sites for hydroxylation is 1. The molecule has 0 atom stereocenters. The molecule has 0 bridgehead atoms. The minimum atomic E-state index is -1.22. The first kappa shape index (κ1) is 17.6. The number of rotatable bonds is 5. The highest BCUT2D eigenvalue weighted by atomic mass is 16.5. The molecule has 1 N–H and O–H groups in total. The van der Waals surface area contributed by atoms with E-state index in [-0.39, 0.29) is 23.5 Å². The molecule has 0 aliphatic heterocycles. The van der Waals surface area contributed by atoms with Crippen molar-refractivity contribution in [3.05, 3.63) is 76.0 Å². The summed E-state index contributed by atoms with van der Waals surface area (Å²) in [5, 5.41) is 17.9. The molecule has 0 aliphatic rings. The van der Waals surface area contributed by atoms with Crippen molar-refractivity contribution in [2.24, 2.45) is 0 Å². The molecule has 8 heteroatoms. The number of benzene rings is 2. The third-order valence-corrected chi connectivity index (χ3v) is 4.44. The normalized spacial score (nSPS) is 11.0. The van der Waals surface area contributed by atoms with Crippen LogP contribution in [0.25, 0.3) is 22.2 Å². The van der Waals surface area contributed by atoms with E-state index in [4.69, 9.17) is 4.52 Å². The third kappa shape index (κ3) is 3.16. The lowest BCUT2D eigenvalue weighted by atomic mass is 10.1. The van der Waals surface area contributed by atoms with Crippen LogP contribution in [-0.4, -0.2) is 31.0 Å². The number of fused-ring (bicyclic) bond motifs is 1. The molecule has 0 amide bonds. The number of carboxylic acid groups (broad SMARTS) is 1. The summed E-state index contributed by atoms with van der Waals surface area (Å²) in [6.07, 6.45) is 0.931. The number of nitrogens with zero attached hydrogens (tertiary/aromatic N) is 4. The zero-order valence-corrected chi connectivity index (χ0v) is 15.0. The van der Waals surface area contributed by atoms with E-state index in [0.717, 1.165) is 16.7 Å². The van der Waals surface area contributed by atoms with Crippen molar-refractivity contribution in [2.45, 2.75) is 19.9 Å². The van der Waals surface area contributed by atoms with Gasteiger partial charge in [0.25, 0.3) is 5.56 Å². The first-order chi connectivity index (χ1) is 13.6. The van der Waals surface area contributed by atoms with E-state index in [1.165, 1.54) is 5.56 Å². The van der Waals surface area contributed by atoms with Crippen molar-refractivity contribution in [3.63, 3.8) is 0 Å². The standard InChI is InChI=1S/C20H16N4O4/c1-2-12-7-9-13(10-8-12)18-21-16(28-23-18)11-24-19(25)15-6-4-3-5-14(15)17(22-24)20(26)27/h3-10H,2,11H2,1H3,(H,26,27). The number of carboxylic acids is 1. The van der Waals surface area contributed by atoms with Crippen LogP contribution in [0.1, 0.15) is 28.9 Å². The number of aromatic carboxylic acids is 1. The summed E-state index contributed by atoms with van der Waals surface area (Å²) in [4.78, 5) is 28.5. The van der Waals surface area contributed by atoms with Crippen LogP contribution >= 0.6 is 0 Å². The minimum absolute atomic E-state index is 0.121. The second-order valence-electron chi connectivity index (χ2n) is 6.22. The number of carbonyl (C=O) groups is 1. The van der Waals surface area contributed by atoms with Crippen molar-refractivity contribution in [3.8, 4) is 11.4 Å². The molecule has 4 rings (SSSR count). The van der Waals surface area contributed by atoms with Crippen LogP contribution in [-0.2, 0) is 13.0 Å². The highest BCUT2D eigenvalue weighted by molar-refractivity contribution is 6.01. The van der Waals surface area contributed by atoms with Crippen molar-refractivity contribution < 1.29 is 14.4 Å². The maximum atomic E-state index is 12.7. The highest BCUT2D eigenvalue weighted by Crippen LogP contribution is 2.18. The van der Waals surface area contributed by atoms with E-state index in [2.05, 4.69) is 22.2 Å². The summed E-state index contributed by atoms with van der Waals surface area (Å²) >= 11 is 0. The molecular weight excluding hydrogens is 360 g/mol. The maximum Gasteiger partial charge on any atom is 0.357 e. The van der Waals surface area contributed by atoms with Gasteiger partial charge in [0.1, 0.15) is 6.54 Å². The number of aromatic nitrogens is 4. The molecule has 2 aromatic heterocycles. The predicted octanol–water partition coefficient (Wildman–Crippen LogP) is 2.76. The lowest BCUT2D eigenvalue weighted by Gasteiger charge is -2.06. The Kier molecular flexibility index (Phi) is 4.44. The lowest BCUT2D eigenvalue weighted by Crippen LogP contribution is -2.26. The summed E-state index contributed by atoms with van der Waals surface area (Å²) in [6, 6.07) is 14.2. The molecule has 2 aromatic carbocycles. The summed E-state index contributed by atoms with van der Waals surface area (Å²) in [6.45, 7) is 1.95. The van der Waals surface area contributed by atoms with Crippen LogP contribution in [0.15, 0.2) is 57.8 Å². The highest BCUT2D eigenvalue weighted by Gasteiger charge is 2.17. The van der Waals surface area contributed by atoms with Gasteiger partial charge >= 0.3 is 5.97 Å². The molecule has 28 heavy (non-hydrogen) atoms. The summed E-state index contributed by atoms with van der Waals surface area (Å²) < 4.78 is 6.27. The van der Waals surface area contributed by atoms with Gasteiger partial charge in [-0.1, -0.05) is 54.5 Å². The monoisotopic (exact) mass is 376 g/mol. The number of hydrogen-bond donors (Lipinski definition) is 1. The van der Waals surface area contributed by atoms with Crippen molar-refractivity contribution in [1.82, 2.24) is 19.9 Å². The smallest absolute Gasteiger partial charge is 0.357 e. The van der Waals surface area contributed by atoms with E-state index < -0.39 is 11.5 Å². The van der Waals surface area contributed by atoms with Gasteiger partial charge in [-0.3, -0.25) is 4.79 Å². The van der Waals surface area contributed by atoms with Crippen molar-refractivity contribution in [2.75, 3.05) is 0 Å². The van der Waals surface area contributed by atoms with Gasteiger partial charge in [-0.05, 0) is 18.1 Å². The Bertz CT molecular complexity index is 1230. The lowest BCUT2D eigenvalue weighted by molar-refractivity contribution is 0.0690. The molecule has 0 fully saturated rings. The molecule has 0 aliphatic carbocycles. The van der Waals surface area contributed by atoms with E-state index in [0.29, 0.717) is 11.2 Å². The zero-order chi connectivity index (χ0) is 19.7. The van der Waals surface area contributed by atoms with Gasteiger partial charge in [0.2, 0.25) is 11.7 Å². The fraction of sp³-hybridized carbons (Fsp3) is 0.150. The fourth-order valence-electron chi connectivity index (χ4n) is 2.95. The third-order valence-electron chi connectivity index (χ3n) is 4.44. The van der Waals surface area contributed by atoms with Gasteiger partial charge < -0.3 is 9.63 Å². The van der Waals surface area contributed by atoms with Gasteiger partial charge in [0.05, 0.1) is 5.39 Å². The Balaban J connectivity index is 1.71. The summed E-state index contributed by atoms with van der Waals surface area (Å²) in [5.74, 6) is -0.659. The van der Waals surface area contributed by atoms with E-state index in [1.807, 2.05) is 24.3 Å². The van der Waals surface area contributed by atoms with Gasteiger partial charge in [0.15, 0.2) is 5.69 Å². The Morgan fingerprint density at radius 3 is 2.50 bits per heavy atom. The first-order valence-electron chi connectivity index (χ1n) is 8.72. The van der Waals surface area contributed by atoms with Crippen LogP contribution < -0.4 is 5.56 Å². The van der Waals surface area contributed by atoms with Gasteiger partial charge in [0, 0.05) is 10.9 Å². The molecule has 0 unspecified atom stereocenters. The Labute approximate surface area is 159 Å². The second-order valence-corrected chi connectivity index (χ2v) is 6.22. The first-order valence-corrected chi connectivity index (χ1v) is 8.72. The SMILES string of the molecule is CCc1ccc(-c2noc(Cn3nc(C(=O)O)c4ccccc4c3=O)n2)cc1. The molecule has 2 heterocycles. The average Bonchev–Trinajstić information content (AvgIpc) is 3.18. The Hall–Kier alpha value is -3.81. The number of hydrogen-bond acceptors (Lipinski definition) is 6. The molecule has 0 spiro atoms. The van der Waals surface area contributed by atoms with Crippen molar-refractivity contribution in [1.29, 1.82) is 0 Å². The Morgan fingerprint density at radius 2 is 1.82 bits per heavy atom. The van der Waals surface area contributed by atoms with Gasteiger partial charge in [-0.25, -0.2) is 9.48 Å². The van der Waals surface area contributed by atoms with Gasteiger partial charge in [-0.2, -0.15) is 10.1 Å². The maximum absolute atomic E-state index is 12.7. The minimum Gasteiger partial charge on any atom is -0.476 e. The van der Waals surface area contributed by atoms with E-state index in [1.54, 1.807) is 24.3 Å². The molecule has 4 aromatic rings. The van der Waals surface area contributed by atoms with Gasteiger partial charge in [-0.15, -0.1) is 0 Å². The molecule has 0 saturated heterocycles. The topological polar surface area (TPSA) is 111 Å². The molecule has 140 valence electrons. The quantitative estimate of drug-likeness (QED) is 0.570. The summed E-state index contributed by atoms with van der Waals surface area (Å²) in [7, 11) is 0. The van der Waals surface area contributed by atoms with E-state index >= 15 is 0 Å². The van der Waals surface area contributed by atoms with E-state index in [9.17, 15) is 14.7 Å².